The maximum Gasteiger partial charge on any atom is 0.127 e. The molecule has 0 radical (unpaired) electrons. The van der Waals surface area contributed by atoms with Gasteiger partial charge in [0.05, 0.1) is 6.61 Å². The van der Waals surface area contributed by atoms with Crippen LogP contribution >= 0.6 is 23.2 Å². The normalized spacial score (nSPS) is 24.7. The fraction of sp³-hybridized carbons (Fsp3) is 0.625. The van der Waals surface area contributed by atoms with Crippen molar-refractivity contribution in [2.45, 2.75) is 32.2 Å². The van der Waals surface area contributed by atoms with Gasteiger partial charge in [0.1, 0.15) is 5.75 Å². The molecule has 1 aliphatic carbocycles. The average molecular weight is 314 g/mol. The van der Waals surface area contributed by atoms with Gasteiger partial charge in [-0.15, -0.1) is 11.6 Å². The third kappa shape index (κ3) is 3.08. The lowest BCUT2D eigenvalue weighted by Gasteiger charge is -2.18. The van der Waals surface area contributed by atoms with Gasteiger partial charge in [0.2, 0.25) is 0 Å². The summed E-state index contributed by atoms with van der Waals surface area (Å²) in [6.45, 7) is 2.65. The fourth-order valence-corrected chi connectivity index (χ4v) is 4.12. The minimum absolute atomic E-state index is 0.686. The van der Waals surface area contributed by atoms with Crippen LogP contribution in [0.5, 0.6) is 5.75 Å². The van der Waals surface area contributed by atoms with Crippen molar-refractivity contribution in [1.29, 1.82) is 0 Å². The number of nitrogens with one attached hydrogen (secondary N) is 1. The minimum Gasteiger partial charge on any atom is -0.493 e. The maximum absolute atomic E-state index is 6.18. The van der Waals surface area contributed by atoms with Gasteiger partial charge in [0, 0.05) is 29.4 Å². The third-order valence-electron chi connectivity index (χ3n) is 4.56. The molecule has 0 amide bonds. The number of rotatable bonds is 5. The number of halogens is 2. The van der Waals surface area contributed by atoms with Crippen LogP contribution in [-0.2, 0) is 13.0 Å². The van der Waals surface area contributed by atoms with E-state index in [1.54, 1.807) is 0 Å². The molecule has 2 aliphatic rings. The van der Waals surface area contributed by atoms with Crippen LogP contribution in [0.25, 0.3) is 0 Å². The first-order valence-electron chi connectivity index (χ1n) is 7.48. The lowest BCUT2D eigenvalue weighted by Crippen LogP contribution is -2.25. The smallest absolute Gasteiger partial charge is 0.127 e. The molecule has 2 atom stereocenters. The fourth-order valence-electron chi connectivity index (χ4n) is 3.46. The van der Waals surface area contributed by atoms with Crippen LogP contribution in [0.1, 0.15) is 30.4 Å². The molecule has 1 aromatic carbocycles. The second-order valence-corrected chi connectivity index (χ2v) is 6.63. The molecule has 0 bridgehead atoms. The standard InChI is InChI=1S/C16H21Cl2NO/c17-8-12-2-1-3-13(12)9-19-10-14-7-15(18)6-11-4-5-20-16(11)14/h6-7,12-13,19H,1-5,8-10H2. The molecule has 0 aromatic heterocycles. The molecule has 1 aromatic rings. The molecule has 2 nitrogen and oxygen atoms in total. The second kappa shape index (κ2) is 6.55. The van der Waals surface area contributed by atoms with E-state index in [1.807, 2.05) is 12.1 Å². The molecule has 0 saturated heterocycles. The van der Waals surface area contributed by atoms with E-state index >= 15 is 0 Å². The number of hydrogen-bond acceptors (Lipinski definition) is 2. The van der Waals surface area contributed by atoms with Crippen molar-refractivity contribution in [3.8, 4) is 5.75 Å². The molecular formula is C16H21Cl2NO. The Hall–Kier alpha value is -0.440. The molecule has 2 unspecified atom stereocenters. The molecule has 3 rings (SSSR count). The Morgan fingerprint density at radius 1 is 1.25 bits per heavy atom. The highest BCUT2D eigenvalue weighted by Crippen LogP contribution is 2.34. The average Bonchev–Trinajstić information content (AvgIpc) is 3.06. The van der Waals surface area contributed by atoms with Gasteiger partial charge in [0.15, 0.2) is 0 Å². The molecule has 20 heavy (non-hydrogen) atoms. The van der Waals surface area contributed by atoms with Crippen LogP contribution in [0.4, 0.5) is 0 Å². The zero-order valence-corrected chi connectivity index (χ0v) is 13.1. The summed E-state index contributed by atoms with van der Waals surface area (Å²) in [5.41, 5.74) is 2.43. The van der Waals surface area contributed by atoms with Crippen LogP contribution in [0.3, 0.4) is 0 Å². The first-order valence-corrected chi connectivity index (χ1v) is 8.40. The predicted octanol–water partition coefficient (Wildman–Crippen LogP) is 4.02. The molecular weight excluding hydrogens is 293 g/mol. The van der Waals surface area contributed by atoms with E-state index < -0.39 is 0 Å². The first kappa shape index (κ1) is 14.5. The molecule has 1 N–H and O–H groups in total. The van der Waals surface area contributed by atoms with Crippen LogP contribution in [0, 0.1) is 11.8 Å². The molecule has 1 aliphatic heterocycles. The summed E-state index contributed by atoms with van der Waals surface area (Å²) in [6.07, 6.45) is 4.87. The number of fused-ring (bicyclic) bond motifs is 1. The summed E-state index contributed by atoms with van der Waals surface area (Å²) >= 11 is 12.2. The van der Waals surface area contributed by atoms with E-state index in [9.17, 15) is 0 Å². The van der Waals surface area contributed by atoms with E-state index in [0.29, 0.717) is 5.92 Å². The number of benzene rings is 1. The van der Waals surface area contributed by atoms with Crippen molar-refractivity contribution in [3.63, 3.8) is 0 Å². The van der Waals surface area contributed by atoms with Gasteiger partial charge in [-0.3, -0.25) is 0 Å². The quantitative estimate of drug-likeness (QED) is 0.829. The van der Waals surface area contributed by atoms with Gasteiger partial charge >= 0.3 is 0 Å². The van der Waals surface area contributed by atoms with Crippen LogP contribution in [-0.4, -0.2) is 19.0 Å². The largest absolute Gasteiger partial charge is 0.493 e. The van der Waals surface area contributed by atoms with Gasteiger partial charge in [-0.2, -0.15) is 0 Å². The highest BCUT2D eigenvalue weighted by atomic mass is 35.5. The van der Waals surface area contributed by atoms with Crippen molar-refractivity contribution < 1.29 is 4.74 Å². The summed E-state index contributed by atoms with van der Waals surface area (Å²) in [5.74, 6) is 3.25. The Balaban J connectivity index is 1.59. The molecule has 1 fully saturated rings. The Kier molecular flexibility index (Phi) is 4.75. The van der Waals surface area contributed by atoms with Crippen molar-refractivity contribution in [2.75, 3.05) is 19.0 Å². The van der Waals surface area contributed by atoms with Gasteiger partial charge in [0.25, 0.3) is 0 Å². The zero-order valence-electron chi connectivity index (χ0n) is 11.6. The van der Waals surface area contributed by atoms with Crippen molar-refractivity contribution in [2.24, 2.45) is 11.8 Å². The van der Waals surface area contributed by atoms with Crippen molar-refractivity contribution in [1.82, 2.24) is 5.32 Å². The lowest BCUT2D eigenvalue weighted by atomic mass is 9.98. The van der Waals surface area contributed by atoms with Crippen molar-refractivity contribution in [3.05, 3.63) is 28.3 Å². The van der Waals surface area contributed by atoms with Gasteiger partial charge in [-0.25, -0.2) is 0 Å². The lowest BCUT2D eigenvalue weighted by molar-refractivity contribution is 0.350. The van der Waals surface area contributed by atoms with Crippen LogP contribution in [0.15, 0.2) is 12.1 Å². The predicted molar refractivity (Wildman–Crippen MR) is 83.9 cm³/mol. The highest BCUT2D eigenvalue weighted by molar-refractivity contribution is 6.30. The molecule has 0 spiro atoms. The number of ether oxygens (including phenoxy) is 1. The Labute approximate surface area is 130 Å². The maximum atomic E-state index is 6.18. The summed E-state index contributed by atoms with van der Waals surface area (Å²) in [5, 5.41) is 4.38. The monoisotopic (exact) mass is 313 g/mol. The molecule has 1 heterocycles. The Bertz CT molecular complexity index is 478. The SMILES string of the molecule is ClCC1CCCC1CNCc1cc(Cl)cc2c1OCC2. The highest BCUT2D eigenvalue weighted by Gasteiger charge is 2.26. The van der Waals surface area contributed by atoms with E-state index in [2.05, 4.69) is 5.32 Å². The zero-order chi connectivity index (χ0) is 13.9. The summed E-state index contributed by atoms with van der Waals surface area (Å²) in [4.78, 5) is 0. The molecule has 110 valence electrons. The van der Waals surface area contributed by atoms with Gasteiger partial charge < -0.3 is 10.1 Å². The number of alkyl halides is 1. The van der Waals surface area contributed by atoms with Gasteiger partial charge in [-0.05, 0) is 48.9 Å². The van der Waals surface area contributed by atoms with Crippen LogP contribution < -0.4 is 10.1 Å². The molecule has 4 heteroatoms. The summed E-state index contributed by atoms with van der Waals surface area (Å²) < 4.78 is 5.73. The summed E-state index contributed by atoms with van der Waals surface area (Å²) in [6, 6.07) is 4.04. The number of hydrogen-bond donors (Lipinski definition) is 1. The molecule has 1 saturated carbocycles. The van der Waals surface area contributed by atoms with Gasteiger partial charge in [-0.1, -0.05) is 18.0 Å². The van der Waals surface area contributed by atoms with E-state index in [4.69, 9.17) is 27.9 Å². The topological polar surface area (TPSA) is 21.3 Å². The first-order chi connectivity index (χ1) is 9.78. The van der Waals surface area contributed by atoms with E-state index in [0.717, 1.165) is 48.7 Å². The Morgan fingerprint density at radius 2 is 2.10 bits per heavy atom. The summed E-state index contributed by atoms with van der Waals surface area (Å²) in [7, 11) is 0. The second-order valence-electron chi connectivity index (χ2n) is 5.89. The van der Waals surface area contributed by atoms with E-state index in [-0.39, 0.29) is 0 Å². The third-order valence-corrected chi connectivity index (χ3v) is 5.18. The van der Waals surface area contributed by atoms with E-state index in [1.165, 1.54) is 30.4 Å². The minimum atomic E-state index is 0.686. The van der Waals surface area contributed by atoms with Crippen LogP contribution in [0.2, 0.25) is 5.02 Å². The Morgan fingerprint density at radius 3 is 2.95 bits per heavy atom. The van der Waals surface area contributed by atoms with Crippen molar-refractivity contribution >= 4 is 23.2 Å².